The average Bonchev–Trinajstić information content (AvgIpc) is 3.41. The number of benzene rings is 3. The second kappa shape index (κ2) is 15.7. The fourth-order valence-corrected chi connectivity index (χ4v) is 5.78. The largest absolute Gasteiger partial charge is 0.484 e. The van der Waals surface area contributed by atoms with E-state index in [1.165, 1.54) is 12.8 Å². The van der Waals surface area contributed by atoms with Crippen LogP contribution in [0.2, 0.25) is 0 Å². The molecule has 0 aliphatic carbocycles. The van der Waals surface area contributed by atoms with Crippen molar-refractivity contribution in [1.82, 2.24) is 14.8 Å². The Bertz CT molecular complexity index is 1500. The molecule has 1 aliphatic heterocycles. The number of hydrogen-bond acceptors (Lipinski definition) is 6. The van der Waals surface area contributed by atoms with E-state index in [0.717, 1.165) is 93.3 Å². The highest BCUT2D eigenvalue weighted by atomic mass is 16.5. The Morgan fingerprint density at radius 3 is 2.44 bits per heavy atom. The number of nitrogens with one attached hydrogen (secondary N) is 1. The maximum atomic E-state index is 14.1. The lowest BCUT2D eigenvalue weighted by molar-refractivity contribution is -0.123. The first-order valence-electron chi connectivity index (χ1n) is 15.7. The number of rotatable bonds is 16. The summed E-state index contributed by atoms with van der Waals surface area (Å²) in [6.45, 7) is 6.30. The molecule has 0 atom stereocenters. The summed E-state index contributed by atoms with van der Waals surface area (Å²) in [4.78, 5) is 28.9. The van der Waals surface area contributed by atoms with Crippen molar-refractivity contribution in [3.05, 3.63) is 78.0 Å². The highest BCUT2D eigenvalue weighted by molar-refractivity contribution is 6.21. The van der Waals surface area contributed by atoms with Crippen molar-refractivity contribution >= 4 is 33.4 Å². The molecule has 43 heavy (non-hydrogen) atoms. The quantitative estimate of drug-likeness (QED) is 0.140. The normalized spacial score (nSPS) is 13.9. The molecule has 4 aromatic rings. The summed E-state index contributed by atoms with van der Waals surface area (Å²) in [7, 11) is 0. The minimum absolute atomic E-state index is 0.0233. The molecular formula is C35H44N4O4. The minimum Gasteiger partial charge on any atom is -0.484 e. The molecule has 0 unspecified atom stereocenters. The Labute approximate surface area is 254 Å². The molecule has 8 nitrogen and oxygen atoms in total. The number of ketones is 1. The van der Waals surface area contributed by atoms with E-state index in [-0.39, 0.29) is 18.3 Å². The number of fused-ring (bicyclic) bond motifs is 2. The van der Waals surface area contributed by atoms with Gasteiger partial charge in [-0.1, -0.05) is 68.1 Å². The third-order valence-electron chi connectivity index (χ3n) is 8.22. The third kappa shape index (κ3) is 8.22. The number of aromatic nitrogens is 1. The van der Waals surface area contributed by atoms with Crippen LogP contribution in [0.3, 0.4) is 0 Å². The predicted octanol–water partition coefficient (Wildman–Crippen LogP) is 5.15. The monoisotopic (exact) mass is 584 g/mol. The summed E-state index contributed by atoms with van der Waals surface area (Å²) in [6, 6.07) is 19.6. The fraction of sp³-hybridized carbons (Fsp3) is 0.429. The Balaban J connectivity index is 1.29. The molecule has 2 heterocycles. The molecule has 5 rings (SSSR count). The van der Waals surface area contributed by atoms with Gasteiger partial charge in [-0.25, -0.2) is 0 Å². The number of hydrogen-bond donors (Lipinski definition) is 2. The lowest BCUT2D eigenvalue weighted by Crippen LogP contribution is -2.38. The number of unbranched alkanes of at least 4 members (excludes halogenated alkanes) is 5. The molecule has 3 aromatic carbocycles. The molecule has 0 spiro atoms. The van der Waals surface area contributed by atoms with Gasteiger partial charge in [0.05, 0.1) is 13.2 Å². The van der Waals surface area contributed by atoms with E-state index in [1.54, 1.807) is 0 Å². The van der Waals surface area contributed by atoms with Gasteiger partial charge in [0.15, 0.2) is 12.4 Å². The second-order valence-corrected chi connectivity index (χ2v) is 11.3. The van der Waals surface area contributed by atoms with Gasteiger partial charge >= 0.3 is 0 Å². The van der Waals surface area contributed by atoms with Gasteiger partial charge in [0, 0.05) is 61.0 Å². The van der Waals surface area contributed by atoms with E-state index in [4.69, 9.17) is 15.2 Å². The van der Waals surface area contributed by atoms with Crippen LogP contribution in [-0.2, 0) is 16.1 Å². The first-order chi connectivity index (χ1) is 21.1. The van der Waals surface area contributed by atoms with Crippen molar-refractivity contribution < 1.29 is 19.1 Å². The molecule has 8 heteroatoms. The molecule has 1 aliphatic rings. The van der Waals surface area contributed by atoms with Crippen molar-refractivity contribution in [2.45, 2.75) is 45.1 Å². The van der Waals surface area contributed by atoms with Crippen LogP contribution < -0.4 is 15.8 Å². The van der Waals surface area contributed by atoms with Gasteiger partial charge in [-0.2, -0.15) is 0 Å². The summed E-state index contributed by atoms with van der Waals surface area (Å²) in [5.41, 5.74) is 7.83. The molecule has 0 radical (unpaired) electrons. The first kappa shape index (κ1) is 30.7. The standard InChI is InChI=1S/C35H44N4O4/c36-16-7-3-1-2-4-8-17-37-34(40)26-43-28-14-15-33-31(24-28)32(25-39(33)19-18-38-20-22-42-23-21-38)35(41)30-13-9-11-27-10-5-6-12-29(27)30/h5-6,9-15,24-25H,1-4,7-8,16-23,26,36H2,(H,37,40). The van der Waals surface area contributed by atoms with Gasteiger partial charge < -0.3 is 25.1 Å². The number of carbonyl (C=O) groups is 2. The summed E-state index contributed by atoms with van der Waals surface area (Å²) in [5.74, 6) is 0.406. The van der Waals surface area contributed by atoms with Crippen LogP contribution in [0.15, 0.2) is 66.9 Å². The molecular weight excluding hydrogens is 540 g/mol. The zero-order valence-electron chi connectivity index (χ0n) is 25.1. The molecule has 0 saturated carbocycles. The van der Waals surface area contributed by atoms with Crippen LogP contribution in [0.4, 0.5) is 0 Å². The van der Waals surface area contributed by atoms with E-state index in [1.807, 2.05) is 66.9 Å². The first-order valence-corrected chi connectivity index (χ1v) is 15.7. The van der Waals surface area contributed by atoms with E-state index in [2.05, 4.69) is 14.8 Å². The lowest BCUT2D eigenvalue weighted by Gasteiger charge is -2.26. The molecule has 3 N–H and O–H groups in total. The van der Waals surface area contributed by atoms with Crippen LogP contribution in [-0.4, -0.2) is 73.7 Å². The highest BCUT2D eigenvalue weighted by Crippen LogP contribution is 2.30. The Hall–Kier alpha value is -3.72. The van der Waals surface area contributed by atoms with Crippen LogP contribution >= 0.6 is 0 Å². The molecule has 0 bridgehead atoms. The Kier molecular flexibility index (Phi) is 11.2. The van der Waals surface area contributed by atoms with Crippen molar-refractivity contribution in [3.63, 3.8) is 0 Å². The molecule has 1 fully saturated rings. The van der Waals surface area contributed by atoms with Gasteiger partial charge in [0.25, 0.3) is 5.91 Å². The van der Waals surface area contributed by atoms with Gasteiger partial charge in [0.2, 0.25) is 0 Å². The van der Waals surface area contributed by atoms with Crippen molar-refractivity contribution in [2.75, 3.05) is 52.5 Å². The van der Waals surface area contributed by atoms with Crippen LogP contribution in [0.25, 0.3) is 21.7 Å². The van der Waals surface area contributed by atoms with Gasteiger partial charge in [0.1, 0.15) is 5.75 Å². The van der Waals surface area contributed by atoms with Gasteiger partial charge in [-0.05, 0) is 48.4 Å². The van der Waals surface area contributed by atoms with Crippen molar-refractivity contribution in [2.24, 2.45) is 5.73 Å². The number of nitrogens with zero attached hydrogens (tertiary/aromatic N) is 2. The molecule has 1 saturated heterocycles. The highest BCUT2D eigenvalue weighted by Gasteiger charge is 2.20. The average molecular weight is 585 g/mol. The Morgan fingerprint density at radius 2 is 1.60 bits per heavy atom. The van der Waals surface area contributed by atoms with E-state index >= 15 is 0 Å². The van der Waals surface area contributed by atoms with Crippen molar-refractivity contribution in [1.29, 1.82) is 0 Å². The summed E-state index contributed by atoms with van der Waals surface area (Å²) in [5, 5.41) is 5.75. The predicted molar refractivity (Wildman–Crippen MR) is 172 cm³/mol. The summed E-state index contributed by atoms with van der Waals surface area (Å²) < 4.78 is 13.6. The minimum atomic E-state index is -0.140. The van der Waals surface area contributed by atoms with Gasteiger partial charge in [-0.15, -0.1) is 0 Å². The SMILES string of the molecule is NCCCCCCCCNC(=O)COc1ccc2c(c1)c(C(=O)c1cccc3ccccc13)cn2CCN1CCOCC1. The Morgan fingerprint density at radius 1 is 0.837 bits per heavy atom. The third-order valence-corrected chi connectivity index (χ3v) is 8.22. The van der Waals surface area contributed by atoms with Crippen LogP contribution in [0, 0.1) is 0 Å². The number of carbonyl (C=O) groups excluding carboxylic acids is 2. The maximum absolute atomic E-state index is 14.1. The van der Waals surface area contributed by atoms with Gasteiger partial charge in [-0.3, -0.25) is 14.5 Å². The van der Waals surface area contributed by atoms with E-state index in [9.17, 15) is 9.59 Å². The fourth-order valence-electron chi connectivity index (χ4n) is 5.78. The van der Waals surface area contributed by atoms with E-state index in [0.29, 0.717) is 23.4 Å². The number of nitrogens with two attached hydrogens (primary N) is 1. The van der Waals surface area contributed by atoms with E-state index < -0.39 is 0 Å². The molecule has 228 valence electrons. The number of ether oxygens (including phenoxy) is 2. The maximum Gasteiger partial charge on any atom is 0.257 e. The zero-order chi connectivity index (χ0) is 29.9. The number of morpholine rings is 1. The van der Waals surface area contributed by atoms with Crippen molar-refractivity contribution in [3.8, 4) is 5.75 Å². The van der Waals surface area contributed by atoms with Crippen LogP contribution in [0.1, 0.15) is 54.4 Å². The zero-order valence-corrected chi connectivity index (χ0v) is 25.1. The molecule has 1 amide bonds. The summed E-state index contributed by atoms with van der Waals surface area (Å²) >= 11 is 0. The summed E-state index contributed by atoms with van der Waals surface area (Å²) in [6.07, 6.45) is 8.64. The van der Waals surface area contributed by atoms with Crippen LogP contribution in [0.5, 0.6) is 5.75 Å². The smallest absolute Gasteiger partial charge is 0.257 e. The topological polar surface area (TPSA) is 98.8 Å². The second-order valence-electron chi connectivity index (χ2n) is 11.3. The lowest BCUT2D eigenvalue weighted by atomic mass is 9.97. The number of amides is 1. The molecule has 1 aromatic heterocycles.